The molecule has 2 aromatic carbocycles. The molecule has 6 heteroatoms. The molecule has 0 bridgehead atoms. The van der Waals surface area contributed by atoms with E-state index in [9.17, 15) is 0 Å². The summed E-state index contributed by atoms with van der Waals surface area (Å²) in [5, 5.41) is 6.40. The summed E-state index contributed by atoms with van der Waals surface area (Å²) >= 11 is 3.39. The molecule has 2 atom stereocenters. The second-order valence-corrected chi connectivity index (χ2v) is 8.25. The summed E-state index contributed by atoms with van der Waals surface area (Å²) in [6, 6.07) is 20.8. The van der Waals surface area contributed by atoms with E-state index in [1.807, 2.05) is 24.3 Å². The minimum atomic E-state index is -0.113. The lowest BCUT2D eigenvalue weighted by Crippen LogP contribution is -2.40. The van der Waals surface area contributed by atoms with Gasteiger partial charge in [-0.3, -0.25) is 0 Å². The number of rotatable bonds is 6. The first-order valence-corrected chi connectivity index (χ1v) is 11.1. The van der Waals surface area contributed by atoms with E-state index in [0.717, 1.165) is 33.0 Å². The van der Waals surface area contributed by atoms with Crippen molar-refractivity contribution in [2.24, 2.45) is 9.98 Å². The van der Waals surface area contributed by atoms with Crippen LogP contribution >= 0.6 is 23.5 Å². The van der Waals surface area contributed by atoms with Crippen molar-refractivity contribution in [2.45, 2.75) is 12.3 Å². The van der Waals surface area contributed by atoms with E-state index in [-0.39, 0.29) is 12.3 Å². The molecule has 0 spiro atoms. The first-order chi connectivity index (χ1) is 13.8. The van der Waals surface area contributed by atoms with E-state index >= 15 is 0 Å². The number of benzene rings is 2. The highest BCUT2D eigenvalue weighted by Gasteiger charge is 2.46. The third kappa shape index (κ3) is 3.62. The Bertz CT molecular complexity index is 820. The quantitative estimate of drug-likeness (QED) is 0.595. The lowest BCUT2D eigenvalue weighted by atomic mass is 10.2. The Kier molecular flexibility index (Phi) is 5.88. The number of amidine groups is 2. The van der Waals surface area contributed by atoms with E-state index in [4.69, 9.17) is 9.98 Å². The summed E-state index contributed by atoms with van der Waals surface area (Å²) in [5.74, 6) is 1.61. The highest BCUT2D eigenvalue weighted by molar-refractivity contribution is 8.14. The van der Waals surface area contributed by atoms with E-state index in [1.54, 1.807) is 23.5 Å². The predicted octanol–water partition coefficient (Wildman–Crippen LogP) is 5.48. The fourth-order valence-corrected chi connectivity index (χ4v) is 4.74. The molecule has 142 valence electrons. The topological polar surface area (TPSA) is 31.2 Å². The van der Waals surface area contributed by atoms with Gasteiger partial charge in [-0.25, -0.2) is 20.0 Å². The maximum absolute atomic E-state index is 5.08. The third-order valence-electron chi connectivity index (χ3n) is 4.41. The maximum atomic E-state index is 5.08. The van der Waals surface area contributed by atoms with Gasteiger partial charge in [0.15, 0.2) is 22.7 Å². The van der Waals surface area contributed by atoms with Crippen LogP contribution in [0.2, 0.25) is 0 Å². The molecule has 4 rings (SSSR count). The first-order valence-electron chi connectivity index (χ1n) is 9.14. The Labute approximate surface area is 174 Å². The van der Waals surface area contributed by atoms with Crippen LogP contribution in [0.4, 0.5) is 0 Å². The van der Waals surface area contributed by atoms with E-state index in [2.05, 4.69) is 71.7 Å². The Morgan fingerprint density at radius 2 is 1.11 bits per heavy atom. The first kappa shape index (κ1) is 18.9. The average Bonchev–Trinajstić information content (AvgIpc) is 3.31. The van der Waals surface area contributed by atoms with Gasteiger partial charge in [0, 0.05) is 11.5 Å². The van der Waals surface area contributed by atoms with Crippen molar-refractivity contribution < 1.29 is 0 Å². The molecule has 0 radical (unpaired) electrons. The van der Waals surface area contributed by atoms with Gasteiger partial charge in [-0.05, 0) is 11.1 Å². The maximum Gasteiger partial charge on any atom is 0.183 e. The summed E-state index contributed by atoms with van der Waals surface area (Å²) < 4.78 is 0. The molecule has 4 nitrogen and oxygen atoms in total. The molecule has 0 aromatic heterocycles. The van der Waals surface area contributed by atoms with Crippen LogP contribution in [0.5, 0.6) is 0 Å². The zero-order chi connectivity index (χ0) is 19.3. The lowest BCUT2D eigenvalue weighted by Gasteiger charge is -2.31. The molecule has 0 unspecified atom stereocenters. The number of hydrogen-bond acceptors (Lipinski definition) is 6. The SMILES string of the molecule is C=CCSC1=N[C@H](c2ccccc2)N2C(SCC=C)=N[C@H](c3ccccc3)N12. The van der Waals surface area contributed by atoms with Crippen LogP contribution in [0.15, 0.2) is 96.0 Å². The summed E-state index contributed by atoms with van der Waals surface area (Å²) in [4.78, 5) is 10.2. The standard InChI is InChI=1S/C22H22N4S2/c1-3-15-27-21-23-19(17-11-7-5-8-12-17)26-22(28-16-4-2)24-20(25(21)26)18-13-9-6-10-14-18/h3-14,19-20H,1-2,15-16H2/t19-,20-/m0/s1. The summed E-state index contributed by atoms with van der Waals surface area (Å²) in [7, 11) is 0. The van der Waals surface area contributed by atoms with Crippen LogP contribution in [0, 0.1) is 0 Å². The van der Waals surface area contributed by atoms with Crippen molar-refractivity contribution in [3.63, 3.8) is 0 Å². The Morgan fingerprint density at radius 1 is 0.714 bits per heavy atom. The Morgan fingerprint density at radius 3 is 1.46 bits per heavy atom. The molecule has 0 fully saturated rings. The zero-order valence-corrected chi connectivity index (χ0v) is 17.1. The number of fused-ring (bicyclic) bond motifs is 1. The second kappa shape index (κ2) is 8.71. The highest BCUT2D eigenvalue weighted by Crippen LogP contribution is 2.45. The van der Waals surface area contributed by atoms with Crippen molar-refractivity contribution in [1.82, 2.24) is 10.0 Å². The molecule has 0 N–H and O–H groups in total. The highest BCUT2D eigenvalue weighted by atomic mass is 32.2. The van der Waals surface area contributed by atoms with Gasteiger partial charge in [0.1, 0.15) is 0 Å². The molecule has 0 saturated carbocycles. The van der Waals surface area contributed by atoms with Crippen molar-refractivity contribution in [3.05, 3.63) is 97.1 Å². The second-order valence-electron chi connectivity index (χ2n) is 6.28. The summed E-state index contributed by atoms with van der Waals surface area (Å²) in [6.07, 6.45) is 3.60. The molecular weight excluding hydrogens is 384 g/mol. The van der Waals surface area contributed by atoms with Gasteiger partial charge >= 0.3 is 0 Å². The Balaban J connectivity index is 1.76. The monoisotopic (exact) mass is 406 g/mol. The molecule has 0 saturated heterocycles. The van der Waals surface area contributed by atoms with Gasteiger partial charge in [0.25, 0.3) is 0 Å². The summed E-state index contributed by atoms with van der Waals surface area (Å²) in [6.45, 7) is 7.73. The van der Waals surface area contributed by atoms with Crippen molar-refractivity contribution in [2.75, 3.05) is 11.5 Å². The summed E-state index contributed by atoms with van der Waals surface area (Å²) in [5.41, 5.74) is 2.31. The molecule has 2 aliphatic heterocycles. The Hall–Kier alpha value is -2.44. The number of nitrogens with zero attached hydrogens (tertiary/aromatic N) is 4. The van der Waals surface area contributed by atoms with E-state index < -0.39 is 0 Å². The van der Waals surface area contributed by atoms with Gasteiger partial charge in [-0.2, -0.15) is 0 Å². The molecular formula is C22H22N4S2. The lowest BCUT2D eigenvalue weighted by molar-refractivity contribution is 0.105. The smallest absolute Gasteiger partial charge is 0.183 e. The number of hydrogen-bond donors (Lipinski definition) is 0. The number of hydrazine groups is 1. The van der Waals surface area contributed by atoms with Crippen LogP contribution in [0.3, 0.4) is 0 Å². The van der Waals surface area contributed by atoms with Crippen LogP contribution < -0.4 is 0 Å². The molecule has 2 aromatic rings. The van der Waals surface area contributed by atoms with Crippen LogP contribution in [-0.4, -0.2) is 31.9 Å². The normalized spacial score (nSPS) is 20.6. The molecule has 2 aliphatic rings. The average molecular weight is 407 g/mol. The van der Waals surface area contributed by atoms with Crippen molar-refractivity contribution in [3.8, 4) is 0 Å². The van der Waals surface area contributed by atoms with E-state index in [0.29, 0.717) is 0 Å². The number of thioether (sulfide) groups is 2. The van der Waals surface area contributed by atoms with Gasteiger partial charge in [-0.1, -0.05) is 96.3 Å². The van der Waals surface area contributed by atoms with Crippen LogP contribution in [0.25, 0.3) is 0 Å². The van der Waals surface area contributed by atoms with Gasteiger partial charge in [0.05, 0.1) is 0 Å². The fraction of sp³-hybridized carbons (Fsp3) is 0.182. The minimum absolute atomic E-state index is 0.113. The predicted molar refractivity (Wildman–Crippen MR) is 122 cm³/mol. The minimum Gasteiger partial charge on any atom is -0.229 e. The van der Waals surface area contributed by atoms with Gasteiger partial charge in [0.2, 0.25) is 0 Å². The largest absolute Gasteiger partial charge is 0.229 e. The van der Waals surface area contributed by atoms with Crippen LogP contribution in [0.1, 0.15) is 23.5 Å². The molecule has 28 heavy (non-hydrogen) atoms. The number of aliphatic imine (C=N–C) groups is 2. The molecule has 2 heterocycles. The molecule has 0 amide bonds. The molecule has 0 aliphatic carbocycles. The van der Waals surface area contributed by atoms with Gasteiger partial charge < -0.3 is 0 Å². The third-order valence-corrected chi connectivity index (χ3v) is 6.31. The van der Waals surface area contributed by atoms with Crippen LogP contribution in [-0.2, 0) is 0 Å². The van der Waals surface area contributed by atoms with Crippen molar-refractivity contribution in [1.29, 1.82) is 0 Å². The zero-order valence-electron chi connectivity index (χ0n) is 15.5. The van der Waals surface area contributed by atoms with Gasteiger partial charge in [-0.15, -0.1) is 13.2 Å². The van der Waals surface area contributed by atoms with Crippen molar-refractivity contribution >= 4 is 33.9 Å². The fourth-order valence-electron chi connectivity index (χ4n) is 3.22. The van der Waals surface area contributed by atoms with E-state index in [1.165, 1.54) is 0 Å².